The molecule has 30 heavy (non-hydrogen) atoms. The second kappa shape index (κ2) is 10.4. The largest absolute Gasteiger partial charge is 0.348 e. The molecule has 2 N–H and O–H groups in total. The number of piperidine rings is 1. The highest BCUT2D eigenvalue weighted by Crippen LogP contribution is 2.23. The highest BCUT2D eigenvalue weighted by atomic mass is 35.5. The van der Waals surface area contributed by atoms with Gasteiger partial charge in [-0.3, -0.25) is 14.4 Å². The third-order valence-corrected chi connectivity index (χ3v) is 6.02. The minimum Gasteiger partial charge on any atom is -0.348 e. The number of likely N-dealkylation sites (tertiary alicyclic amines) is 1. The van der Waals surface area contributed by atoms with Crippen molar-refractivity contribution in [3.63, 3.8) is 0 Å². The van der Waals surface area contributed by atoms with E-state index in [1.54, 1.807) is 42.6 Å². The number of halogens is 1. The molecule has 1 aliphatic rings. The fraction of sp³-hybridized carbons (Fsp3) is 0.333. The number of benzene rings is 1. The summed E-state index contributed by atoms with van der Waals surface area (Å²) < 4.78 is 0. The van der Waals surface area contributed by atoms with E-state index in [1.165, 1.54) is 11.8 Å². The van der Waals surface area contributed by atoms with Gasteiger partial charge in [-0.25, -0.2) is 4.98 Å². The Hall–Kier alpha value is -2.58. The molecule has 0 radical (unpaired) electrons. The Morgan fingerprint density at radius 2 is 1.87 bits per heavy atom. The number of pyridine rings is 1. The number of anilines is 1. The number of hydrogen-bond donors (Lipinski definition) is 2. The average Bonchev–Trinajstić information content (AvgIpc) is 2.78. The van der Waals surface area contributed by atoms with E-state index < -0.39 is 11.8 Å². The second-order valence-electron chi connectivity index (χ2n) is 6.94. The van der Waals surface area contributed by atoms with Crippen LogP contribution in [-0.4, -0.2) is 53.5 Å². The van der Waals surface area contributed by atoms with Gasteiger partial charge in [0.1, 0.15) is 5.03 Å². The molecule has 1 aromatic carbocycles. The highest BCUT2D eigenvalue weighted by molar-refractivity contribution is 7.98. The van der Waals surface area contributed by atoms with E-state index in [-0.39, 0.29) is 11.8 Å². The fourth-order valence-electron chi connectivity index (χ4n) is 3.29. The molecule has 0 spiro atoms. The van der Waals surface area contributed by atoms with Crippen molar-refractivity contribution in [3.05, 3.63) is 53.2 Å². The van der Waals surface area contributed by atoms with E-state index in [0.717, 1.165) is 17.9 Å². The predicted molar refractivity (Wildman–Crippen MR) is 118 cm³/mol. The fourth-order valence-corrected chi connectivity index (χ4v) is 4.01. The lowest BCUT2D eigenvalue weighted by Gasteiger charge is -2.32. The minimum atomic E-state index is -0.753. The maximum Gasteiger partial charge on any atom is 0.313 e. The van der Waals surface area contributed by atoms with Gasteiger partial charge in [0, 0.05) is 25.8 Å². The van der Waals surface area contributed by atoms with E-state index >= 15 is 0 Å². The SMILES string of the molecule is CSc1ncccc1C(=O)N1CCC(CNC(=O)C(=O)Nc2ccccc2Cl)CC1. The van der Waals surface area contributed by atoms with Crippen LogP contribution >= 0.6 is 23.4 Å². The number of hydrogen-bond acceptors (Lipinski definition) is 5. The first-order chi connectivity index (χ1) is 14.5. The molecule has 9 heteroatoms. The van der Waals surface area contributed by atoms with Gasteiger partial charge < -0.3 is 15.5 Å². The zero-order valence-electron chi connectivity index (χ0n) is 16.6. The Morgan fingerprint density at radius 3 is 2.57 bits per heavy atom. The van der Waals surface area contributed by atoms with E-state index in [1.807, 2.05) is 11.2 Å². The zero-order valence-corrected chi connectivity index (χ0v) is 18.1. The van der Waals surface area contributed by atoms with Gasteiger partial charge in [0.2, 0.25) is 0 Å². The number of carbonyl (C=O) groups is 3. The van der Waals surface area contributed by atoms with Crippen molar-refractivity contribution >= 4 is 46.8 Å². The van der Waals surface area contributed by atoms with Crippen LogP contribution in [0.1, 0.15) is 23.2 Å². The van der Waals surface area contributed by atoms with Crippen LogP contribution < -0.4 is 10.6 Å². The van der Waals surface area contributed by atoms with Crippen LogP contribution in [0.2, 0.25) is 5.02 Å². The first-order valence-electron chi connectivity index (χ1n) is 9.61. The Morgan fingerprint density at radius 1 is 1.13 bits per heavy atom. The number of thioether (sulfide) groups is 1. The number of aromatic nitrogens is 1. The van der Waals surface area contributed by atoms with E-state index in [0.29, 0.717) is 35.9 Å². The second-order valence-corrected chi connectivity index (χ2v) is 8.14. The van der Waals surface area contributed by atoms with Crippen molar-refractivity contribution in [2.45, 2.75) is 17.9 Å². The molecular weight excluding hydrogens is 424 g/mol. The Balaban J connectivity index is 1.45. The Bertz CT molecular complexity index is 932. The van der Waals surface area contributed by atoms with Crippen molar-refractivity contribution < 1.29 is 14.4 Å². The van der Waals surface area contributed by atoms with Crippen molar-refractivity contribution in [2.24, 2.45) is 5.92 Å². The number of para-hydroxylation sites is 1. The van der Waals surface area contributed by atoms with Gasteiger partial charge in [-0.15, -0.1) is 11.8 Å². The quantitative estimate of drug-likeness (QED) is 0.544. The van der Waals surface area contributed by atoms with Crippen LogP contribution in [-0.2, 0) is 9.59 Å². The first-order valence-corrected chi connectivity index (χ1v) is 11.2. The van der Waals surface area contributed by atoms with Crippen molar-refractivity contribution in [1.82, 2.24) is 15.2 Å². The number of nitrogens with one attached hydrogen (secondary N) is 2. The van der Waals surface area contributed by atoms with Gasteiger partial charge in [-0.1, -0.05) is 23.7 Å². The number of amides is 3. The molecule has 0 aliphatic carbocycles. The predicted octanol–water partition coefficient (Wildman–Crippen LogP) is 3.06. The molecule has 1 fully saturated rings. The molecule has 158 valence electrons. The van der Waals surface area contributed by atoms with Crippen molar-refractivity contribution in [1.29, 1.82) is 0 Å². The average molecular weight is 447 g/mol. The highest BCUT2D eigenvalue weighted by Gasteiger charge is 2.26. The van der Waals surface area contributed by atoms with Crippen LogP contribution in [0.4, 0.5) is 5.69 Å². The van der Waals surface area contributed by atoms with Gasteiger partial charge >= 0.3 is 11.8 Å². The molecule has 2 heterocycles. The number of nitrogens with zero attached hydrogens (tertiary/aromatic N) is 2. The summed E-state index contributed by atoms with van der Waals surface area (Å²) in [5.41, 5.74) is 1.01. The van der Waals surface area contributed by atoms with Crippen LogP contribution in [0.25, 0.3) is 0 Å². The molecule has 1 saturated heterocycles. The van der Waals surface area contributed by atoms with E-state index in [9.17, 15) is 14.4 Å². The Kier molecular flexibility index (Phi) is 7.70. The summed E-state index contributed by atoms with van der Waals surface area (Å²) in [7, 11) is 0. The normalized spacial score (nSPS) is 14.3. The molecule has 1 aliphatic heterocycles. The standard InChI is InChI=1S/C21H23ClN4O3S/c1-30-20-15(5-4-10-23-20)21(29)26-11-8-14(9-12-26)13-24-18(27)19(28)25-17-7-3-2-6-16(17)22/h2-7,10,14H,8-9,11-13H2,1H3,(H,24,27)(H,25,28). The summed E-state index contributed by atoms with van der Waals surface area (Å²) >= 11 is 7.44. The molecular formula is C21H23ClN4O3S. The lowest BCUT2D eigenvalue weighted by molar-refractivity contribution is -0.136. The van der Waals surface area contributed by atoms with Gasteiger partial charge in [0.25, 0.3) is 5.91 Å². The smallest absolute Gasteiger partial charge is 0.313 e. The van der Waals surface area contributed by atoms with Gasteiger partial charge in [-0.2, -0.15) is 0 Å². The first kappa shape index (κ1) is 22.1. The molecule has 3 rings (SSSR count). The summed E-state index contributed by atoms with van der Waals surface area (Å²) in [5.74, 6) is -1.26. The minimum absolute atomic E-state index is 0.0194. The van der Waals surface area contributed by atoms with Crippen LogP contribution in [0.5, 0.6) is 0 Å². The third-order valence-electron chi connectivity index (χ3n) is 4.98. The summed E-state index contributed by atoms with van der Waals surface area (Å²) in [6.45, 7) is 1.60. The maximum atomic E-state index is 12.8. The van der Waals surface area contributed by atoms with Gasteiger partial charge in [-0.05, 0) is 49.3 Å². The van der Waals surface area contributed by atoms with Crippen LogP contribution in [0.15, 0.2) is 47.6 Å². The monoisotopic (exact) mass is 446 g/mol. The van der Waals surface area contributed by atoms with Gasteiger partial charge in [0.15, 0.2) is 0 Å². The molecule has 0 saturated carbocycles. The van der Waals surface area contributed by atoms with E-state index in [2.05, 4.69) is 15.6 Å². The van der Waals surface area contributed by atoms with Crippen LogP contribution in [0, 0.1) is 5.92 Å². The maximum absolute atomic E-state index is 12.8. The molecule has 0 unspecified atom stereocenters. The molecule has 0 bridgehead atoms. The molecule has 2 aromatic rings. The van der Waals surface area contributed by atoms with Crippen molar-refractivity contribution in [2.75, 3.05) is 31.2 Å². The molecule has 0 atom stereocenters. The lowest BCUT2D eigenvalue weighted by atomic mass is 9.96. The molecule has 1 aromatic heterocycles. The molecule has 7 nitrogen and oxygen atoms in total. The molecule has 3 amide bonds. The van der Waals surface area contributed by atoms with Gasteiger partial charge in [0.05, 0.1) is 16.3 Å². The summed E-state index contributed by atoms with van der Waals surface area (Å²) in [6.07, 6.45) is 5.09. The third kappa shape index (κ3) is 5.52. The summed E-state index contributed by atoms with van der Waals surface area (Å²) in [5, 5.41) is 6.27. The zero-order chi connectivity index (χ0) is 21.5. The topological polar surface area (TPSA) is 91.4 Å². The summed E-state index contributed by atoms with van der Waals surface area (Å²) in [6, 6.07) is 10.3. The Labute approximate surface area is 184 Å². The number of rotatable bonds is 5. The number of carbonyl (C=O) groups excluding carboxylic acids is 3. The van der Waals surface area contributed by atoms with Crippen LogP contribution in [0.3, 0.4) is 0 Å². The summed E-state index contributed by atoms with van der Waals surface area (Å²) in [4.78, 5) is 43.0. The van der Waals surface area contributed by atoms with Crippen molar-refractivity contribution in [3.8, 4) is 0 Å². The van der Waals surface area contributed by atoms with E-state index in [4.69, 9.17) is 11.6 Å². The lowest BCUT2D eigenvalue weighted by Crippen LogP contribution is -2.43.